The van der Waals surface area contributed by atoms with Crippen molar-refractivity contribution in [3.8, 4) is 5.75 Å². The molecule has 1 aromatic carbocycles. The van der Waals surface area contributed by atoms with Gasteiger partial charge in [-0.15, -0.1) is 11.8 Å². The van der Waals surface area contributed by atoms with Gasteiger partial charge in [0.25, 0.3) is 0 Å². The van der Waals surface area contributed by atoms with Crippen LogP contribution in [0.2, 0.25) is 0 Å². The number of ether oxygens (including phenoxy) is 1. The van der Waals surface area contributed by atoms with Gasteiger partial charge in [0.1, 0.15) is 12.1 Å². The van der Waals surface area contributed by atoms with Crippen LogP contribution in [-0.2, 0) is 11.2 Å². The molecular weight excluding hydrogens is 460 g/mol. The third kappa shape index (κ3) is 7.39. The number of aromatic nitrogens is 3. The minimum Gasteiger partial charge on any atom is -0.497 e. The molecule has 0 saturated carbocycles. The fourth-order valence-electron chi connectivity index (χ4n) is 5.11. The molecule has 0 unspecified atom stereocenters. The molecule has 3 aromatic rings. The minimum absolute atomic E-state index is 0.250. The molecule has 0 bridgehead atoms. The van der Waals surface area contributed by atoms with Gasteiger partial charge in [-0.25, -0.2) is 9.97 Å². The normalized spacial score (nSPS) is 18.5. The third-order valence-corrected chi connectivity index (χ3v) is 7.91. The van der Waals surface area contributed by atoms with Crippen LogP contribution in [-0.4, -0.2) is 63.4 Å². The number of carboxylic acids is 1. The molecule has 0 radical (unpaired) electrons. The highest BCUT2D eigenvalue weighted by molar-refractivity contribution is 7.99. The molecule has 2 atom stereocenters. The summed E-state index contributed by atoms with van der Waals surface area (Å²) in [5.74, 6) is 2.15. The Morgan fingerprint density at radius 3 is 2.86 bits per heavy atom. The van der Waals surface area contributed by atoms with Crippen molar-refractivity contribution in [2.24, 2.45) is 11.8 Å². The Kier molecular flexibility index (Phi) is 9.31. The molecule has 3 heterocycles. The second-order valence-corrected chi connectivity index (χ2v) is 10.4. The minimum atomic E-state index is -0.697. The van der Waals surface area contributed by atoms with E-state index in [0.717, 1.165) is 79.0 Å². The molecule has 1 aliphatic rings. The van der Waals surface area contributed by atoms with Gasteiger partial charge in [0.05, 0.1) is 12.6 Å². The second kappa shape index (κ2) is 12.8. The van der Waals surface area contributed by atoms with Gasteiger partial charge in [-0.05, 0) is 80.3 Å². The second-order valence-electron chi connectivity index (χ2n) is 9.21. The van der Waals surface area contributed by atoms with Crippen molar-refractivity contribution in [3.63, 3.8) is 0 Å². The van der Waals surface area contributed by atoms with Gasteiger partial charge >= 0.3 is 5.97 Å². The van der Waals surface area contributed by atoms with Crippen LogP contribution in [0.15, 0.2) is 54.1 Å². The number of carbonyl (C=O) groups is 1. The molecular formula is C27H34N4O3S. The molecule has 7 nitrogen and oxygen atoms in total. The molecule has 2 aromatic heterocycles. The van der Waals surface area contributed by atoms with Gasteiger partial charge in [-0.3, -0.25) is 9.78 Å². The summed E-state index contributed by atoms with van der Waals surface area (Å²) < 4.78 is 5.41. The highest BCUT2D eigenvalue weighted by Gasteiger charge is 2.29. The largest absolute Gasteiger partial charge is 0.497 e. The number of hydrogen-bond acceptors (Lipinski definition) is 7. The van der Waals surface area contributed by atoms with Crippen LogP contribution in [0.3, 0.4) is 0 Å². The number of carboxylic acid groups (broad SMARTS) is 1. The van der Waals surface area contributed by atoms with Gasteiger partial charge in [-0.1, -0.05) is 0 Å². The summed E-state index contributed by atoms with van der Waals surface area (Å²) in [6, 6.07) is 8.15. The number of benzene rings is 1. The maximum atomic E-state index is 11.3. The van der Waals surface area contributed by atoms with Gasteiger partial charge in [0, 0.05) is 54.1 Å². The van der Waals surface area contributed by atoms with E-state index in [1.165, 1.54) is 5.56 Å². The van der Waals surface area contributed by atoms with E-state index >= 15 is 0 Å². The van der Waals surface area contributed by atoms with E-state index in [1.807, 2.05) is 30.7 Å². The van der Waals surface area contributed by atoms with Gasteiger partial charge in [0.2, 0.25) is 0 Å². The fourth-order valence-corrected chi connectivity index (χ4v) is 5.97. The van der Waals surface area contributed by atoms with Crippen molar-refractivity contribution in [1.29, 1.82) is 0 Å². The number of aliphatic carboxylic acids is 1. The topological polar surface area (TPSA) is 88.4 Å². The van der Waals surface area contributed by atoms with Crippen molar-refractivity contribution in [1.82, 2.24) is 19.9 Å². The molecule has 8 heteroatoms. The molecule has 0 aliphatic carbocycles. The molecule has 0 amide bonds. The number of hydrogen-bond donors (Lipinski definition) is 1. The van der Waals surface area contributed by atoms with E-state index < -0.39 is 5.97 Å². The van der Waals surface area contributed by atoms with Gasteiger partial charge in [0.15, 0.2) is 0 Å². The zero-order chi connectivity index (χ0) is 24.5. The Morgan fingerprint density at radius 1 is 1.20 bits per heavy atom. The van der Waals surface area contributed by atoms with Crippen LogP contribution in [0.5, 0.6) is 5.75 Å². The number of methoxy groups -OCH3 is 1. The quantitative estimate of drug-likeness (QED) is 0.354. The summed E-state index contributed by atoms with van der Waals surface area (Å²) in [5.41, 5.74) is 2.30. The maximum absolute atomic E-state index is 11.3. The Bertz CT molecular complexity index is 1100. The van der Waals surface area contributed by atoms with E-state index in [-0.39, 0.29) is 6.42 Å². The zero-order valence-electron chi connectivity index (χ0n) is 20.3. The van der Waals surface area contributed by atoms with E-state index in [4.69, 9.17) is 4.74 Å². The average Bonchev–Trinajstić information content (AvgIpc) is 2.88. The highest BCUT2D eigenvalue weighted by atomic mass is 32.2. The van der Waals surface area contributed by atoms with E-state index in [9.17, 15) is 9.90 Å². The zero-order valence-corrected chi connectivity index (χ0v) is 21.1. The summed E-state index contributed by atoms with van der Waals surface area (Å²) in [5, 5.41) is 10.4. The Balaban J connectivity index is 1.31. The lowest BCUT2D eigenvalue weighted by Crippen LogP contribution is -2.41. The van der Waals surface area contributed by atoms with Crippen molar-refractivity contribution >= 4 is 28.6 Å². The number of nitrogens with zero attached hydrogens (tertiary/aromatic N) is 4. The van der Waals surface area contributed by atoms with Gasteiger partial charge < -0.3 is 14.7 Å². The monoisotopic (exact) mass is 494 g/mol. The Labute approximate surface area is 211 Å². The van der Waals surface area contributed by atoms with Crippen LogP contribution in [0, 0.1) is 11.8 Å². The first-order valence-corrected chi connectivity index (χ1v) is 13.3. The number of likely N-dealkylation sites (tertiary alicyclic amines) is 1. The van der Waals surface area contributed by atoms with Crippen LogP contribution < -0.4 is 4.74 Å². The predicted octanol–water partition coefficient (Wildman–Crippen LogP) is 4.95. The van der Waals surface area contributed by atoms with Gasteiger partial charge in [-0.2, -0.15) is 0 Å². The first-order valence-electron chi connectivity index (χ1n) is 12.4. The lowest BCUT2D eigenvalue weighted by Gasteiger charge is -2.39. The molecule has 1 saturated heterocycles. The van der Waals surface area contributed by atoms with Crippen molar-refractivity contribution in [3.05, 3.63) is 54.7 Å². The average molecular weight is 495 g/mol. The first-order chi connectivity index (χ1) is 17.1. The lowest BCUT2D eigenvalue weighted by atomic mass is 9.79. The van der Waals surface area contributed by atoms with Crippen LogP contribution in [0.1, 0.15) is 37.7 Å². The molecule has 1 fully saturated rings. The van der Waals surface area contributed by atoms with Crippen LogP contribution in [0.25, 0.3) is 10.9 Å². The number of thioether (sulfide) groups is 1. The molecule has 4 rings (SSSR count). The third-order valence-electron chi connectivity index (χ3n) is 6.98. The Morgan fingerprint density at radius 2 is 2.06 bits per heavy atom. The van der Waals surface area contributed by atoms with E-state index in [1.54, 1.807) is 25.2 Å². The SMILES string of the molecule is COc1ccc2nccc(CCC[C@@H]3CCN(CCSc4cncnc4)C[C@@H]3CCC(=O)O)c2c1. The molecule has 1 aliphatic heterocycles. The number of aryl methyl sites for hydroxylation is 1. The number of pyridine rings is 1. The Hall–Kier alpha value is -2.71. The standard InChI is InChI=1S/C27H34N4O3S/c1-34-23-6-7-26-25(15-23)21(9-11-30-26)4-2-3-20-10-12-31(18-22(20)5-8-27(32)33)13-14-35-24-16-28-19-29-17-24/h6-7,9,11,15-17,19-20,22H,2-5,8,10,12-14,18H2,1H3,(H,32,33)/t20-,22+/m1/s1. The summed E-state index contributed by atoms with van der Waals surface area (Å²) in [6.07, 6.45) is 12.5. The van der Waals surface area contributed by atoms with Crippen LogP contribution in [0.4, 0.5) is 0 Å². The summed E-state index contributed by atoms with van der Waals surface area (Å²) in [7, 11) is 1.69. The lowest BCUT2D eigenvalue weighted by molar-refractivity contribution is -0.137. The van der Waals surface area contributed by atoms with E-state index in [2.05, 4.69) is 32.0 Å². The van der Waals surface area contributed by atoms with Crippen molar-refractivity contribution < 1.29 is 14.6 Å². The van der Waals surface area contributed by atoms with Crippen LogP contribution >= 0.6 is 11.8 Å². The molecule has 1 N–H and O–H groups in total. The number of fused-ring (bicyclic) bond motifs is 1. The summed E-state index contributed by atoms with van der Waals surface area (Å²) in [4.78, 5) is 27.5. The number of rotatable bonds is 12. The molecule has 35 heavy (non-hydrogen) atoms. The smallest absolute Gasteiger partial charge is 0.303 e. The first kappa shape index (κ1) is 25.4. The summed E-state index contributed by atoms with van der Waals surface area (Å²) >= 11 is 1.77. The molecule has 0 spiro atoms. The maximum Gasteiger partial charge on any atom is 0.303 e. The fraction of sp³-hybridized carbons (Fsp3) is 0.481. The van der Waals surface area contributed by atoms with Crippen molar-refractivity contribution in [2.75, 3.05) is 32.5 Å². The highest BCUT2D eigenvalue weighted by Crippen LogP contribution is 2.32. The number of piperidine rings is 1. The van der Waals surface area contributed by atoms with Crippen molar-refractivity contribution in [2.45, 2.75) is 43.4 Å². The molecule has 186 valence electrons. The predicted molar refractivity (Wildman–Crippen MR) is 139 cm³/mol. The summed E-state index contributed by atoms with van der Waals surface area (Å²) in [6.45, 7) is 3.06. The van der Waals surface area contributed by atoms with E-state index in [0.29, 0.717) is 11.8 Å².